The second-order valence-corrected chi connectivity index (χ2v) is 8.04. The van der Waals surface area contributed by atoms with Crippen molar-refractivity contribution in [3.05, 3.63) is 0 Å². The van der Waals surface area contributed by atoms with Crippen LogP contribution in [0.2, 0.25) is 0 Å². The molecular weight excluding hydrogens is 262 g/mol. The number of nitrogens with zero attached hydrogens (tertiary/aromatic N) is 2. The summed E-state index contributed by atoms with van der Waals surface area (Å²) in [7, 11) is 0.849. The van der Waals surface area contributed by atoms with Crippen LogP contribution >= 0.6 is 0 Å². The van der Waals surface area contributed by atoms with Crippen molar-refractivity contribution in [2.75, 3.05) is 40.3 Å². The van der Waals surface area contributed by atoms with Crippen LogP contribution in [-0.4, -0.2) is 69.2 Å². The summed E-state index contributed by atoms with van der Waals surface area (Å²) in [6.45, 7) is 6.37. The van der Waals surface area contributed by atoms with Crippen LogP contribution in [0.15, 0.2) is 0 Å². The monoisotopic (exact) mass is 291 g/mol. The standard InChI is InChI=1S/C13H29N3O2S/c1-5-16(10-6-9-15(3)4)19(17,18)12(2)11-14-13-7-8-13/h12-14H,5-11H2,1-4H3. The third-order valence-corrected chi connectivity index (χ3v) is 5.85. The largest absolute Gasteiger partial charge is 0.313 e. The molecule has 19 heavy (non-hydrogen) atoms. The maximum Gasteiger partial charge on any atom is 0.217 e. The van der Waals surface area contributed by atoms with E-state index >= 15 is 0 Å². The fraction of sp³-hybridized carbons (Fsp3) is 1.00. The van der Waals surface area contributed by atoms with Gasteiger partial charge in [-0.15, -0.1) is 0 Å². The van der Waals surface area contributed by atoms with E-state index in [-0.39, 0.29) is 5.25 Å². The highest BCUT2D eigenvalue weighted by molar-refractivity contribution is 7.89. The van der Waals surface area contributed by atoms with Gasteiger partial charge < -0.3 is 10.2 Å². The lowest BCUT2D eigenvalue weighted by Crippen LogP contribution is -2.43. The van der Waals surface area contributed by atoms with Crippen molar-refractivity contribution in [2.45, 2.75) is 44.4 Å². The SMILES string of the molecule is CCN(CCCN(C)C)S(=O)(=O)C(C)CNC1CC1. The minimum Gasteiger partial charge on any atom is -0.313 e. The summed E-state index contributed by atoms with van der Waals surface area (Å²) in [5.41, 5.74) is 0. The van der Waals surface area contributed by atoms with Gasteiger partial charge in [0.2, 0.25) is 10.0 Å². The fourth-order valence-electron chi connectivity index (χ4n) is 2.01. The van der Waals surface area contributed by atoms with Crippen molar-refractivity contribution in [2.24, 2.45) is 0 Å². The zero-order valence-corrected chi connectivity index (χ0v) is 13.5. The van der Waals surface area contributed by atoms with Crippen molar-refractivity contribution < 1.29 is 8.42 Å². The molecule has 0 spiro atoms. The van der Waals surface area contributed by atoms with Gasteiger partial charge in [0.25, 0.3) is 0 Å². The summed E-state index contributed by atoms with van der Waals surface area (Å²) in [6, 6.07) is 0.557. The van der Waals surface area contributed by atoms with Crippen LogP contribution in [0.4, 0.5) is 0 Å². The van der Waals surface area contributed by atoms with E-state index in [4.69, 9.17) is 0 Å². The van der Waals surface area contributed by atoms with E-state index in [1.54, 1.807) is 11.2 Å². The molecular formula is C13H29N3O2S. The second-order valence-electron chi connectivity index (χ2n) is 5.69. The molecule has 6 heteroatoms. The third-order valence-electron chi connectivity index (χ3n) is 3.51. The molecule has 1 aliphatic carbocycles. The quantitative estimate of drug-likeness (QED) is 0.645. The first kappa shape index (κ1) is 16.9. The van der Waals surface area contributed by atoms with Crippen LogP contribution in [0.25, 0.3) is 0 Å². The topological polar surface area (TPSA) is 52.7 Å². The van der Waals surface area contributed by atoms with Crippen LogP contribution in [0.3, 0.4) is 0 Å². The molecule has 0 amide bonds. The molecule has 0 aliphatic heterocycles. The Balaban J connectivity index is 2.44. The number of nitrogens with one attached hydrogen (secondary N) is 1. The van der Waals surface area contributed by atoms with Gasteiger partial charge in [-0.25, -0.2) is 12.7 Å². The number of hydrogen-bond donors (Lipinski definition) is 1. The van der Waals surface area contributed by atoms with Crippen LogP contribution in [0.5, 0.6) is 0 Å². The highest BCUT2D eigenvalue weighted by atomic mass is 32.2. The summed E-state index contributed by atoms with van der Waals surface area (Å²) in [6.07, 6.45) is 3.25. The van der Waals surface area contributed by atoms with E-state index in [1.165, 1.54) is 12.8 Å². The Kier molecular flexibility index (Phi) is 6.73. The summed E-state index contributed by atoms with van der Waals surface area (Å²) in [5, 5.41) is 2.96. The Labute approximate surface area is 118 Å². The first-order valence-electron chi connectivity index (χ1n) is 7.25. The molecule has 5 nitrogen and oxygen atoms in total. The molecule has 114 valence electrons. The van der Waals surface area contributed by atoms with Crippen LogP contribution in [-0.2, 0) is 10.0 Å². The normalized spacial score (nSPS) is 18.2. The van der Waals surface area contributed by atoms with Gasteiger partial charge in [0.05, 0.1) is 5.25 Å². The van der Waals surface area contributed by atoms with Crippen LogP contribution in [0, 0.1) is 0 Å². The lowest BCUT2D eigenvalue weighted by molar-refractivity contribution is 0.353. The molecule has 0 aromatic carbocycles. The summed E-state index contributed by atoms with van der Waals surface area (Å²) in [5.74, 6) is 0. The number of hydrogen-bond acceptors (Lipinski definition) is 4. The molecule has 1 atom stereocenters. The van der Waals surface area contributed by atoms with Crippen LogP contribution < -0.4 is 5.32 Å². The Hall–Kier alpha value is -0.170. The molecule has 1 N–H and O–H groups in total. The number of rotatable bonds is 10. The summed E-state index contributed by atoms with van der Waals surface area (Å²) in [4.78, 5) is 2.08. The molecule has 1 fully saturated rings. The second kappa shape index (κ2) is 7.57. The van der Waals surface area contributed by atoms with Gasteiger partial charge in [0, 0.05) is 25.7 Å². The highest BCUT2D eigenvalue weighted by Gasteiger charge is 2.29. The smallest absolute Gasteiger partial charge is 0.217 e. The summed E-state index contributed by atoms with van der Waals surface area (Å²) < 4.78 is 26.5. The molecule has 0 saturated heterocycles. The average Bonchev–Trinajstić information content (AvgIpc) is 3.14. The predicted octanol–water partition coefficient (Wildman–Crippen LogP) is 0.730. The predicted molar refractivity (Wildman–Crippen MR) is 79.8 cm³/mol. The third kappa shape index (κ3) is 5.77. The molecule has 0 radical (unpaired) electrons. The van der Waals surface area contributed by atoms with E-state index in [0.717, 1.165) is 13.0 Å². The van der Waals surface area contributed by atoms with E-state index < -0.39 is 10.0 Å². The zero-order valence-electron chi connectivity index (χ0n) is 12.7. The Bertz CT molecular complexity index is 353. The van der Waals surface area contributed by atoms with Crippen molar-refractivity contribution in [3.63, 3.8) is 0 Å². The van der Waals surface area contributed by atoms with Crippen molar-refractivity contribution in [3.8, 4) is 0 Å². The summed E-state index contributed by atoms with van der Waals surface area (Å²) >= 11 is 0. The van der Waals surface area contributed by atoms with E-state index in [9.17, 15) is 8.42 Å². The maximum absolute atomic E-state index is 12.4. The lowest BCUT2D eigenvalue weighted by Gasteiger charge is -2.25. The van der Waals surface area contributed by atoms with Gasteiger partial charge in [-0.3, -0.25) is 0 Å². The van der Waals surface area contributed by atoms with Gasteiger partial charge in [-0.2, -0.15) is 0 Å². The van der Waals surface area contributed by atoms with Crippen molar-refractivity contribution >= 4 is 10.0 Å². The number of sulfonamides is 1. The van der Waals surface area contributed by atoms with Gasteiger partial charge >= 0.3 is 0 Å². The lowest BCUT2D eigenvalue weighted by atomic mass is 10.4. The van der Waals surface area contributed by atoms with Crippen molar-refractivity contribution in [1.29, 1.82) is 0 Å². The fourth-order valence-corrected chi connectivity index (χ4v) is 3.57. The zero-order chi connectivity index (χ0) is 14.5. The average molecular weight is 291 g/mol. The van der Waals surface area contributed by atoms with Gasteiger partial charge in [-0.1, -0.05) is 6.92 Å². The van der Waals surface area contributed by atoms with Crippen molar-refractivity contribution in [1.82, 2.24) is 14.5 Å². The Morgan fingerprint density at radius 2 is 1.89 bits per heavy atom. The molecule has 1 unspecified atom stereocenters. The molecule has 1 aliphatic rings. The maximum atomic E-state index is 12.4. The minimum atomic E-state index is -3.16. The molecule has 0 aromatic rings. The minimum absolute atomic E-state index is 0.340. The molecule has 1 saturated carbocycles. The van der Waals surface area contributed by atoms with E-state index in [2.05, 4.69) is 10.2 Å². The van der Waals surface area contributed by atoms with Gasteiger partial charge in [0.1, 0.15) is 0 Å². The molecule has 0 aromatic heterocycles. The Morgan fingerprint density at radius 1 is 1.26 bits per heavy atom. The van der Waals surface area contributed by atoms with Gasteiger partial charge in [0.15, 0.2) is 0 Å². The first-order chi connectivity index (χ1) is 8.87. The Morgan fingerprint density at radius 3 is 2.37 bits per heavy atom. The van der Waals surface area contributed by atoms with Gasteiger partial charge in [-0.05, 0) is 46.8 Å². The first-order valence-corrected chi connectivity index (χ1v) is 8.75. The molecule has 0 bridgehead atoms. The van der Waals surface area contributed by atoms with Crippen LogP contribution in [0.1, 0.15) is 33.1 Å². The highest BCUT2D eigenvalue weighted by Crippen LogP contribution is 2.19. The molecule has 0 heterocycles. The molecule has 1 rings (SSSR count). The van der Waals surface area contributed by atoms with E-state index in [1.807, 2.05) is 21.0 Å². The van der Waals surface area contributed by atoms with E-state index in [0.29, 0.717) is 25.7 Å².